The largest absolute Gasteiger partial charge is 0.382 e. The number of fused-ring (bicyclic) bond motifs is 1. The highest BCUT2D eigenvalue weighted by Gasteiger charge is 2.15. The Morgan fingerprint density at radius 1 is 1.15 bits per heavy atom. The number of hydrogen-bond acceptors (Lipinski definition) is 6. The van der Waals surface area contributed by atoms with Gasteiger partial charge in [0.25, 0.3) is 0 Å². The zero-order valence-corrected chi connectivity index (χ0v) is 11.6. The minimum absolute atomic E-state index is 0.392. The van der Waals surface area contributed by atoms with E-state index in [4.69, 9.17) is 11.5 Å². The van der Waals surface area contributed by atoms with Crippen LogP contribution in [-0.4, -0.2) is 50.1 Å². The van der Waals surface area contributed by atoms with E-state index >= 15 is 0 Å². The van der Waals surface area contributed by atoms with Crippen LogP contribution in [0.1, 0.15) is 19.3 Å². The smallest absolute Gasteiger partial charge is 0.165 e. The molecule has 0 saturated carbocycles. The molecule has 0 aromatic carbocycles. The standard InChI is InChI=1S/C13H21N7/c14-10-2-6-19(7-3-10)4-1-5-20-9-18-11-12(15)16-8-17-13(11)20/h8-10H,1-7,14H2,(H2,15,16,17). The fraction of sp³-hybridized carbons (Fsp3) is 0.615. The van der Waals surface area contributed by atoms with Gasteiger partial charge >= 0.3 is 0 Å². The van der Waals surface area contributed by atoms with Gasteiger partial charge in [-0.3, -0.25) is 0 Å². The minimum atomic E-state index is 0.392. The van der Waals surface area contributed by atoms with E-state index in [0.717, 1.165) is 51.1 Å². The van der Waals surface area contributed by atoms with Crippen LogP contribution in [0.25, 0.3) is 11.2 Å². The lowest BCUT2D eigenvalue weighted by Crippen LogP contribution is -2.40. The molecule has 1 aliphatic rings. The first-order chi connectivity index (χ1) is 9.74. The molecule has 0 unspecified atom stereocenters. The molecule has 20 heavy (non-hydrogen) atoms. The van der Waals surface area contributed by atoms with Crippen LogP contribution in [0.2, 0.25) is 0 Å². The minimum Gasteiger partial charge on any atom is -0.382 e. The molecule has 1 saturated heterocycles. The predicted octanol–water partition coefficient (Wildman–Crippen LogP) is 0.222. The molecule has 7 heteroatoms. The Balaban J connectivity index is 1.56. The van der Waals surface area contributed by atoms with Gasteiger partial charge in [0.1, 0.15) is 11.8 Å². The Labute approximate surface area is 118 Å². The molecular formula is C13H21N7. The van der Waals surface area contributed by atoms with Gasteiger partial charge in [0.2, 0.25) is 0 Å². The van der Waals surface area contributed by atoms with Gasteiger partial charge in [0.15, 0.2) is 11.5 Å². The summed E-state index contributed by atoms with van der Waals surface area (Å²) >= 11 is 0. The van der Waals surface area contributed by atoms with E-state index in [2.05, 4.69) is 19.9 Å². The maximum atomic E-state index is 5.91. The summed E-state index contributed by atoms with van der Waals surface area (Å²) in [7, 11) is 0. The van der Waals surface area contributed by atoms with Gasteiger partial charge in [-0.15, -0.1) is 0 Å². The van der Waals surface area contributed by atoms with Crippen molar-refractivity contribution in [3.05, 3.63) is 12.7 Å². The number of nitrogens with zero attached hydrogens (tertiary/aromatic N) is 5. The van der Waals surface area contributed by atoms with E-state index in [9.17, 15) is 0 Å². The van der Waals surface area contributed by atoms with E-state index in [0.29, 0.717) is 17.4 Å². The van der Waals surface area contributed by atoms with Crippen molar-refractivity contribution in [1.29, 1.82) is 0 Å². The first-order valence-corrected chi connectivity index (χ1v) is 7.13. The Hall–Kier alpha value is -1.73. The van der Waals surface area contributed by atoms with E-state index < -0.39 is 0 Å². The summed E-state index contributed by atoms with van der Waals surface area (Å²) in [5.41, 5.74) is 13.2. The van der Waals surface area contributed by atoms with Crippen LogP contribution in [0, 0.1) is 0 Å². The molecule has 0 atom stereocenters. The number of nitrogens with two attached hydrogens (primary N) is 2. The van der Waals surface area contributed by atoms with Gasteiger partial charge in [0.05, 0.1) is 6.33 Å². The lowest BCUT2D eigenvalue weighted by Gasteiger charge is -2.29. The van der Waals surface area contributed by atoms with Crippen LogP contribution in [0.4, 0.5) is 5.82 Å². The summed E-state index contributed by atoms with van der Waals surface area (Å²) in [4.78, 5) is 15.0. The summed E-state index contributed by atoms with van der Waals surface area (Å²) in [6, 6.07) is 0.392. The second-order valence-electron chi connectivity index (χ2n) is 5.40. The van der Waals surface area contributed by atoms with Gasteiger partial charge in [-0.25, -0.2) is 15.0 Å². The molecule has 1 aliphatic heterocycles. The summed E-state index contributed by atoms with van der Waals surface area (Å²) in [6.07, 6.45) is 6.57. The SMILES string of the molecule is Nc1ncnc2c1ncn2CCCN1CCC(N)CC1. The van der Waals surface area contributed by atoms with Gasteiger partial charge < -0.3 is 20.9 Å². The van der Waals surface area contributed by atoms with E-state index in [-0.39, 0.29) is 0 Å². The number of aromatic nitrogens is 4. The molecule has 3 heterocycles. The molecule has 2 aromatic heterocycles. The summed E-state index contributed by atoms with van der Waals surface area (Å²) in [5, 5.41) is 0. The van der Waals surface area contributed by atoms with Crippen LogP contribution in [-0.2, 0) is 6.54 Å². The number of rotatable bonds is 4. The van der Waals surface area contributed by atoms with Crippen molar-refractivity contribution in [2.24, 2.45) is 5.73 Å². The number of nitrogen functional groups attached to an aromatic ring is 1. The van der Waals surface area contributed by atoms with Crippen molar-refractivity contribution in [2.45, 2.75) is 31.8 Å². The van der Waals surface area contributed by atoms with Gasteiger partial charge in [-0.1, -0.05) is 0 Å². The predicted molar refractivity (Wildman–Crippen MR) is 78.0 cm³/mol. The number of anilines is 1. The van der Waals surface area contributed by atoms with Crippen molar-refractivity contribution in [2.75, 3.05) is 25.4 Å². The zero-order chi connectivity index (χ0) is 13.9. The third-order valence-electron chi connectivity index (χ3n) is 3.94. The highest BCUT2D eigenvalue weighted by molar-refractivity contribution is 5.80. The van der Waals surface area contributed by atoms with Crippen LogP contribution >= 0.6 is 0 Å². The molecule has 108 valence electrons. The fourth-order valence-corrected chi connectivity index (χ4v) is 2.70. The van der Waals surface area contributed by atoms with E-state index in [1.54, 1.807) is 6.33 Å². The molecule has 4 N–H and O–H groups in total. The Bertz CT molecular complexity index is 571. The zero-order valence-electron chi connectivity index (χ0n) is 11.6. The van der Waals surface area contributed by atoms with E-state index in [1.807, 2.05) is 4.57 Å². The second kappa shape index (κ2) is 5.72. The lowest BCUT2D eigenvalue weighted by atomic mass is 10.1. The van der Waals surface area contributed by atoms with Crippen molar-refractivity contribution in [3.63, 3.8) is 0 Å². The van der Waals surface area contributed by atoms with Crippen LogP contribution in [0.15, 0.2) is 12.7 Å². The molecule has 7 nitrogen and oxygen atoms in total. The Morgan fingerprint density at radius 3 is 2.75 bits per heavy atom. The fourth-order valence-electron chi connectivity index (χ4n) is 2.70. The number of hydrogen-bond donors (Lipinski definition) is 2. The maximum Gasteiger partial charge on any atom is 0.165 e. The quantitative estimate of drug-likeness (QED) is 0.828. The first kappa shape index (κ1) is 13.3. The van der Waals surface area contributed by atoms with Crippen molar-refractivity contribution in [3.8, 4) is 0 Å². The van der Waals surface area contributed by atoms with Gasteiger partial charge in [0, 0.05) is 12.6 Å². The highest BCUT2D eigenvalue weighted by atomic mass is 15.2. The monoisotopic (exact) mass is 275 g/mol. The molecule has 3 rings (SSSR count). The van der Waals surface area contributed by atoms with Crippen LogP contribution in [0.5, 0.6) is 0 Å². The number of aryl methyl sites for hydroxylation is 1. The average molecular weight is 275 g/mol. The highest BCUT2D eigenvalue weighted by Crippen LogP contribution is 2.15. The van der Waals surface area contributed by atoms with Crippen LogP contribution in [0.3, 0.4) is 0 Å². The number of piperidine rings is 1. The van der Waals surface area contributed by atoms with Crippen molar-refractivity contribution < 1.29 is 0 Å². The second-order valence-corrected chi connectivity index (χ2v) is 5.40. The number of likely N-dealkylation sites (tertiary alicyclic amines) is 1. The molecule has 0 spiro atoms. The molecule has 0 radical (unpaired) electrons. The van der Waals surface area contributed by atoms with Crippen molar-refractivity contribution in [1.82, 2.24) is 24.4 Å². The topological polar surface area (TPSA) is 98.9 Å². The summed E-state index contributed by atoms with van der Waals surface area (Å²) in [6.45, 7) is 4.21. The number of imidazole rings is 1. The molecule has 0 bridgehead atoms. The van der Waals surface area contributed by atoms with Crippen LogP contribution < -0.4 is 11.5 Å². The summed E-state index contributed by atoms with van der Waals surface area (Å²) in [5.74, 6) is 0.443. The molecule has 2 aromatic rings. The third-order valence-corrected chi connectivity index (χ3v) is 3.94. The maximum absolute atomic E-state index is 5.91. The summed E-state index contributed by atoms with van der Waals surface area (Å²) < 4.78 is 2.04. The first-order valence-electron chi connectivity index (χ1n) is 7.13. The molecule has 1 fully saturated rings. The Morgan fingerprint density at radius 2 is 1.95 bits per heavy atom. The lowest BCUT2D eigenvalue weighted by molar-refractivity contribution is 0.208. The van der Waals surface area contributed by atoms with Gasteiger partial charge in [-0.05, 0) is 38.9 Å². The average Bonchev–Trinajstić information content (AvgIpc) is 2.86. The van der Waals surface area contributed by atoms with Gasteiger partial charge in [-0.2, -0.15) is 0 Å². The normalized spacial score (nSPS) is 17.9. The molecule has 0 amide bonds. The Kier molecular flexibility index (Phi) is 3.79. The molecule has 0 aliphatic carbocycles. The molecular weight excluding hydrogens is 254 g/mol. The van der Waals surface area contributed by atoms with Crippen molar-refractivity contribution >= 4 is 17.0 Å². The third kappa shape index (κ3) is 2.73. The van der Waals surface area contributed by atoms with E-state index in [1.165, 1.54) is 6.33 Å².